The molecule has 0 spiro atoms. The van der Waals surface area contributed by atoms with Gasteiger partial charge in [0.05, 0.1) is 7.11 Å². The number of aromatic amines is 1. The molecule has 0 fully saturated rings. The number of nitrogens with zero attached hydrogens (tertiary/aromatic N) is 2. The Kier molecular flexibility index (Phi) is 6.97. The van der Waals surface area contributed by atoms with E-state index in [-0.39, 0.29) is 30.0 Å². The summed E-state index contributed by atoms with van der Waals surface area (Å²) in [5, 5.41) is 11.4. The zero-order valence-corrected chi connectivity index (χ0v) is 16.7. The SMILES string of the molecule is COc1ccc(CCNC(=O)CCc2nnc(-c3cccc(Cl)c3)[nH]c2=O)cc1. The van der Waals surface area contributed by atoms with Gasteiger partial charge in [-0.25, -0.2) is 0 Å². The number of carbonyl (C=O) groups excluding carboxylic acids is 1. The minimum atomic E-state index is -0.360. The maximum atomic E-state index is 12.2. The summed E-state index contributed by atoms with van der Waals surface area (Å²) in [6, 6.07) is 14.7. The summed E-state index contributed by atoms with van der Waals surface area (Å²) in [4.78, 5) is 27.0. The van der Waals surface area contributed by atoms with Gasteiger partial charge in [-0.15, -0.1) is 10.2 Å². The molecular formula is C21H21ClN4O3. The topological polar surface area (TPSA) is 97.0 Å². The molecule has 0 radical (unpaired) electrons. The molecule has 1 amide bonds. The molecule has 150 valence electrons. The van der Waals surface area contributed by atoms with Crippen molar-refractivity contribution in [3.05, 3.63) is 75.2 Å². The third kappa shape index (κ3) is 5.89. The van der Waals surface area contributed by atoms with Crippen LogP contribution >= 0.6 is 11.6 Å². The fourth-order valence-corrected chi connectivity index (χ4v) is 2.94. The minimum absolute atomic E-state index is 0.140. The Morgan fingerprint density at radius 2 is 1.93 bits per heavy atom. The van der Waals surface area contributed by atoms with Gasteiger partial charge in [0.15, 0.2) is 5.82 Å². The Bertz CT molecular complexity index is 1030. The monoisotopic (exact) mass is 412 g/mol. The average molecular weight is 413 g/mol. The van der Waals surface area contributed by atoms with Crippen molar-refractivity contribution in [3.63, 3.8) is 0 Å². The molecule has 3 aromatic rings. The molecule has 0 saturated heterocycles. The first-order valence-corrected chi connectivity index (χ1v) is 9.54. The Morgan fingerprint density at radius 3 is 2.62 bits per heavy atom. The second kappa shape index (κ2) is 9.84. The molecule has 0 aliphatic carbocycles. The molecule has 0 aliphatic rings. The normalized spacial score (nSPS) is 10.6. The van der Waals surface area contributed by atoms with Gasteiger partial charge in [-0.2, -0.15) is 0 Å². The van der Waals surface area contributed by atoms with Gasteiger partial charge >= 0.3 is 0 Å². The Labute approximate surface area is 173 Å². The number of methoxy groups -OCH3 is 1. The molecule has 2 N–H and O–H groups in total. The van der Waals surface area contributed by atoms with Crippen LogP contribution in [-0.2, 0) is 17.6 Å². The highest BCUT2D eigenvalue weighted by molar-refractivity contribution is 6.30. The number of benzene rings is 2. The number of aryl methyl sites for hydroxylation is 1. The Morgan fingerprint density at radius 1 is 1.14 bits per heavy atom. The number of amides is 1. The first kappa shape index (κ1) is 20.5. The number of hydrogen-bond acceptors (Lipinski definition) is 5. The van der Waals surface area contributed by atoms with Gasteiger partial charge in [0.25, 0.3) is 5.56 Å². The second-order valence-electron chi connectivity index (χ2n) is 6.41. The van der Waals surface area contributed by atoms with E-state index < -0.39 is 0 Å². The van der Waals surface area contributed by atoms with Crippen molar-refractivity contribution in [3.8, 4) is 17.1 Å². The summed E-state index contributed by atoms with van der Waals surface area (Å²) in [6.45, 7) is 0.515. The molecule has 29 heavy (non-hydrogen) atoms. The summed E-state index contributed by atoms with van der Waals surface area (Å²) >= 11 is 5.95. The zero-order valence-electron chi connectivity index (χ0n) is 15.9. The van der Waals surface area contributed by atoms with Crippen molar-refractivity contribution >= 4 is 17.5 Å². The van der Waals surface area contributed by atoms with Gasteiger partial charge < -0.3 is 15.0 Å². The second-order valence-corrected chi connectivity index (χ2v) is 6.84. The number of aromatic nitrogens is 3. The molecule has 2 aromatic carbocycles. The molecule has 7 nitrogen and oxygen atoms in total. The van der Waals surface area contributed by atoms with Crippen molar-refractivity contribution in [2.45, 2.75) is 19.3 Å². The molecule has 3 rings (SSSR count). The number of H-pyrrole nitrogens is 1. The smallest absolute Gasteiger partial charge is 0.273 e. The Balaban J connectivity index is 1.49. The molecule has 8 heteroatoms. The predicted molar refractivity (Wildman–Crippen MR) is 111 cm³/mol. The van der Waals surface area contributed by atoms with Crippen LogP contribution in [-0.4, -0.2) is 34.7 Å². The zero-order chi connectivity index (χ0) is 20.6. The largest absolute Gasteiger partial charge is 0.497 e. The summed E-state index contributed by atoms with van der Waals surface area (Å²) < 4.78 is 5.12. The molecule has 0 bridgehead atoms. The highest BCUT2D eigenvalue weighted by atomic mass is 35.5. The molecule has 0 atom stereocenters. The first-order chi connectivity index (χ1) is 14.0. The third-order valence-corrected chi connectivity index (χ3v) is 4.58. The van der Waals surface area contributed by atoms with Crippen molar-refractivity contribution < 1.29 is 9.53 Å². The van der Waals surface area contributed by atoms with E-state index in [9.17, 15) is 9.59 Å². The third-order valence-electron chi connectivity index (χ3n) is 4.35. The fraction of sp³-hybridized carbons (Fsp3) is 0.238. The Hall–Kier alpha value is -3.19. The van der Waals surface area contributed by atoms with Crippen molar-refractivity contribution in [1.82, 2.24) is 20.5 Å². The highest BCUT2D eigenvalue weighted by Crippen LogP contribution is 2.17. The van der Waals surface area contributed by atoms with Crippen molar-refractivity contribution in [2.24, 2.45) is 0 Å². The molecular weight excluding hydrogens is 392 g/mol. The average Bonchev–Trinajstić information content (AvgIpc) is 2.73. The van der Waals surface area contributed by atoms with E-state index in [1.54, 1.807) is 31.4 Å². The maximum absolute atomic E-state index is 12.2. The van der Waals surface area contributed by atoms with Crippen LogP contribution in [0.5, 0.6) is 5.75 Å². The van der Waals surface area contributed by atoms with Crippen LogP contribution in [0.25, 0.3) is 11.4 Å². The van der Waals surface area contributed by atoms with E-state index in [1.165, 1.54) is 0 Å². The summed E-state index contributed by atoms with van der Waals surface area (Å²) in [5.74, 6) is 0.995. The summed E-state index contributed by atoms with van der Waals surface area (Å²) in [7, 11) is 1.62. The van der Waals surface area contributed by atoms with E-state index in [0.29, 0.717) is 29.4 Å². The predicted octanol–water partition coefficient (Wildman–Crippen LogP) is 2.79. The first-order valence-electron chi connectivity index (χ1n) is 9.16. The van der Waals surface area contributed by atoms with E-state index in [0.717, 1.165) is 11.3 Å². The lowest BCUT2D eigenvalue weighted by Crippen LogP contribution is -2.27. The molecule has 0 aliphatic heterocycles. The quantitative estimate of drug-likeness (QED) is 0.593. The van der Waals surface area contributed by atoms with Gasteiger partial charge in [-0.05, 0) is 36.2 Å². The van der Waals surface area contributed by atoms with Gasteiger partial charge in [0.2, 0.25) is 5.91 Å². The van der Waals surface area contributed by atoms with Crippen LogP contribution in [0.15, 0.2) is 53.3 Å². The fourth-order valence-electron chi connectivity index (χ4n) is 2.75. The maximum Gasteiger partial charge on any atom is 0.273 e. The lowest BCUT2D eigenvalue weighted by molar-refractivity contribution is -0.121. The number of carbonyl (C=O) groups is 1. The van der Waals surface area contributed by atoms with Gasteiger partial charge in [-0.3, -0.25) is 9.59 Å². The van der Waals surface area contributed by atoms with Gasteiger partial charge in [0, 0.05) is 30.0 Å². The minimum Gasteiger partial charge on any atom is -0.497 e. The van der Waals surface area contributed by atoms with E-state index in [4.69, 9.17) is 16.3 Å². The van der Waals surface area contributed by atoms with Crippen LogP contribution in [0.3, 0.4) is 0 Å². The lowest BCUT2D eigenvalue weighted by Gasteiger charge is -2.06. The van der Waals surface area contributed by atoms with Gasteiger partial charge in [0.1, 0.15) is 11.4 Å². The van der Waals surface area contributed by atoms with Crippen LogP contribution in [0.2, 0.25) is 5.02 Å². The summed E-state index contributed by atoms with van der Waals surface area (Å²) in [6.07, 6.45) is 1.09. The number of rotatable bonds is 8. The summed E-state index contributed by atoms with van der Waals surface area (Å²) in [5.41, 5.74) is 1.64. The number of halogens is 1. The number of nitrogens with one attached hydrogen (secondary N) is 2. The van der Waals surface area contributed by atoms with E-state index in [2.05, 4.69) is 20.5 Å². The molecule has 0 unspecified atom stereocenters. The van der Waals surface area contributed by atoms with Crippen molar-refractivity contribution in [2.75, 3.05) is 13.7 Å². The van der Waals surface area contributed by atoms with Crippen LogP contribution in [0, 0.1) is 0 Å². The molecule has 1 heterocycles. The van der Waals surface area contributed by atoms with Crippen molar-refractivity contribution in [1.29, 1.82) is 0 Å². The van der Waals surface area contributed by atoms with E-state index in [1.807, 2.05) is 24.3 Å². The van der Waals surface area contributed by atoms with E-state index >= 15 is 0 Å². The number of ether oxygens (including phenoxy) is 1. The lowest BCUT2D eigenvalue weighted by atomic mass is 10.1. The van der Waals surface area contributed by atoms with Gasteiger partial charge in [-0.1, -0.05) is 35.9 Å². The molecule has 1 aromatic heterocycles. The number of hydrogen-bond donors (Lipinski definition) is 2. The van der Waals surface area contributed by atoms with Crippen LogP contribution in [0.1, 0.15) is 17.7 Å². The highest BCUT2D eigenvalue weighted by Gasteiger charge is 2.09. The van der Waals surface area contributed by atoms with Crippen LogP contribution < -0.4 is 15.6 Å². The molecule has 0 saturated carbocycles. The van der Waals surface area contributed by atoms with Crippen LogP contribution in [0.4, 0.5) is 0 Å². The standard InChI is InChI=1S/C21H21ClN4O3/c1-29-17-7-5-14(6-8-17)11-12-23-19(27)10-9-18-21(28)24-20(26-25-18)15-3-2-4-16(22)13-15/h2-8,13H,9-12H2,1H3,(H,23,27)(H,24,26,28).